The molecule has 0 fully saturated rings. The topological polar surface area (TPSA) is 30.2 Å². The van der Waals surface area contributed by atoms with Gasteiger partial charge in [-0.15, -0.1) is 0 Å². The molecule has 0 amide bonds. The first-order valence-corrected chi connectivity index (χ1v) is 3.58. The Balaban J connectivity index is 0.000000980. The summed E-state index contributed by atoms with van der Waals surface area (Å²) < 4.78 is 38.0. The van der Waals surface area contributed by atoms with Crippen LogP contribution in [0.3, 0.4) is 0 Å². The van der Waals surface area contributed by atoms with Crippen molar-refractivity contribution < 1.29 is 64.3 Å². The van der Waals surface area contributed by atoms with E-state index in [1.165, 1.54) is 18.3 Å². The third kappa shape index (κ3) is 2.19. The Hall–Kier alpha value is 0.111. The molecule has 0 unspecified atom stereocenters. The molecule has 0 aliphatic carbocycles. The maximum atomic E-state index is 12.3. The largest absolute Gasteiger partial charge is 1.00 e. The minimum atomic E-state index is -5.00. The first kappa shape index (κ1) is 12.2. The van der Waals surface area contributed by atoms with Crippen LogP contribution >= 0.6 is 0 Å². The molecule has 2 heterocycles. The monoisotopic (exact) mass is 225 g/mol. The molecule has 2 aromatic rings. The summed E-state index contributed by atoms with van der Waals surface area (Å²) in [6.07, 6.45) is 2.18. The fraction of sp³-hybridized carbons (Fsp3) is 0. The average molecular weight is 225 g/mol. The van der Waals surface area contributed by atoms with Crippen molar-refractivity contribution in [3.05, 3.63) is 24.5 Å². The molecule has 0 aliphatic rings. The van der Waals surface area contributed by atoms with Gasteiger partial charge in [-0.3, -0.25) is 0 Å². The molecule has 8 heteroatoms. The Morgan fingerprint density at radius 1 is 1.21 bits per heavy atom. The van der Waals surface area contributed by atoms with E-state index in [9.17, 15) is 12.9 Å². The fourth-order valence-electron chi connectivity index (χ4n) is 1.10. The van der Waals surface area contributed by atoms with Gasteiger partial charge in [0, 0.05) is 12.4 Å². The van der Waals surface area contributed by atoms with E-state index in [-0.39, 0.29) is 56.9 Å². The molecule has 0 radical (unpaired) electrons. The van der Waals surface area contributed by atoms with Gasteiger partial charge in [-0.1, -0.05) is 5.46 Å². The third-order valence-electron chi connectivity index (χ3n) is 1.69. The second-order valence-electron chi connectivity index (χ2n) is 2.57. The Bertz CT molecular complexity index is 441. The van der Waals surface area contributed by atoms with Gasteiger partial charge in [-0.05, 0) is 12.1 Å². The quantitative estimate of drug-likeness (QED) is 0.515. The van der Waals surface area contributed by atoms with Gasteiger partial charge in [0.05, 0.1) is 5.52 Å². The van der Waals surface area contributed by atoms with Crippen LogP contribution in [0.5, 0.6) is 0 Å². The number of aromatic nitrogens is 3. The molecule has 68 valence electrons. The fourth-order valence-corrected chi connectivity index (χ4v) is 1.10. The standard InChI is InChI=1S/C6H4BF3N3.K/c8-7(9,10)5-4-12-13-6(5)2-1-3-11-13;/h1-4H;/q-1;+1. The summed E-state index contributed by atoms with van der Waals surface area (Å²) in [6.45, 7) is -5.00. The predicted octanol–water partition coefficient (Wildman–Crippen LogP) is -2.21. The molecule has 0 saturated heterocycles. The molecular formula is C6H4BF3KN3. The van der Waals surface area contributed by atoms with E-state index < -0.39 is 12.4 Å². The van der Waals surface area contributed by atoms with E-state index in [1.807, 2.05) is 0 Å². The molecule has 0 bridgehead atoms. The normalized spacial score (nSPS) is 11.4. The molecule has 0 saturated carbocycles. The molecule has 2 aromatic heterocycles. The zero-order chi connectivity index (χ0) is 9.47. The molecule has 0 N–H and O–H groups in total. The van der Waals surface area contributed by atoms with Crippen molar-refractivity contribution in [2.45, 2.75) is 0 Å². The minimum absolute atomic E-state index is 0. The maximum absolute atomic E-state index is 12.3. The molecule has 0 aromatic carbocycles. The summed E-state index contributed by atoms with van der Waals surface area (Å²) >= 11 is 0. The number of halogens is 3. The van der Waals surface area contributed by atoms with E-state index in [0.29, 0.717) is 0 Å². The average Bonchev–Trinajstić information content (AvgIpc) is 2.45. The van der Waals surface area contributed by atoms with Crippen molar-refractivity contribution in [3.63, 3.8) is 0 Å². The van der Waals surface area contributed by atoms with Crippen LogP contribution in [0.1, 0.15) is 0 Å². The molecule has 2 rings (SSSR count). The van der Waals surface area contributed by atoms with Crippen molar-refractivity contribution in [2.75, 3.05) is 0 Å². The zero-order valence-electron chi connectivity index (χ0n) is 7.36. The van der Waals surface area contributed by atoms with Crippen LogP contribution < -0.4 is 56.8 Å². The summed E-state index contributed by atoms with van der Waals surface area (Å²) in [4.78, 5) is 0. The summed E-state index contributed by atoms with van der Waals surface area (Å²) in [5.41, 5.74) is -0.705. The van der Waals surface area contributed by atoms with E-state index in [1.54, 1.807) is 0 Å². The van der Waals surface area contributed by atoms with Crippen LogP contribution in [0.15, 0.2) is 24.5 Å². The first-order chi connectivity index (χ1) is 6.09. The summed E-state index contributed by atoms with van der Waals surface area (Å²) in [5.74, 6) is 0. The van der Waals surface area contributed by atoms with Gasteiger partial charge >= 0.3 is 58.4 Å². The van der Waals surface area contributed by atoms with Crippen molar-refractivity contribution in [2.24, 2.45) is 0 Å². The van der Waals surface area contributed by atoms with Crippen molar-refractivity contribution in [3.8, 4) is 0 Å². The van der Waals surface area contributed by atoms with Crippen molar-refractivity contribution in [1.82, 2.24) is 14.8 Å². The first-order valence-electron chi connectivity index (χ1n) is 3.58. The molecule has 3 nitrogen and oxygen atoms in total. The van der Waals surface area contributed by atoms with Crippen LogP contribution in [0.2, 0.25) is 0 Å². The number of hydrogen-bond acceptors (Lipinski definition) is 2. The molecule has 0 spiro atoms. The maximum Gasteiger partial charge on any atom is 1.00 e. The molecular weight excluding hydrogens is 221 g/mol. The SMILES string of the molecule is F[B-](F)(F)c1cnn2ncccc12.[K+]. The van der Waals surface area contributed by atoms with Crippen molar-refractivity contribution in [1.29, 1.82) is 0 Å². The predicted molar refractivity (Wildman–Crippen MR) is 41.7 cm³/mol. The summed E-state index contributed by atoms with van der Waals surface area (Å²) in [7, 11) is 0. The van der Waals surface area contributed by atoms with Gasteiger partial charge in [-0.2, -0.15) is 14.8 Å². The summed E-state index contributed by atoms with van der Waals surface area (Å²) in [6, 6.07) is 2.78. The molecule has 0 atom stereocenters. The van der Waals surface area contributed by atoms with Crippen LogP contribution in [0.4, 0.5) is 12.9 Å². The second kappa shape index (κ2) is 4.32. The van der Waals surface area contributed by atoms with Crippen molar-refractivity contribution >= 4 is 18.0 Å². The van der Waals surface area contributed by atoms with E-state index >= 15 is 0 Å². The van der Waals surface area contributed by atoms with Crippen LogP contribution in [0, 0.1) is 0 Å². The zero-order valence-corrected chi connectivity index (χ0v) is 10.5. The van der Waals surface area contributed by atoms with Crippen LogP contribution in [0.25, 0.3) is 5.52 Å². The van der Waals surface area contributed by atoms with Gasteiger partial charge in [0.2, 0.25) is 0 Å². The Morgan fingerprint density at radius 3 is 2.57 bits per heavy atom. The van der Waals surface area contributed by atoms with E-state index in [2.05, 4.69) is 10.2 Å². The Kier molecular flexibility index (Phi) is 3.75. The second-order valence-corrected chi connectivity index (χ2v) is 2.57. The number of rotatable bonds is 1. The van der Waals surface area contributed by atoms with Gasteiger partial charge in [-0.25, -0.2) is 0 Å². The van der Waals surface area contributed by atoms with Gasteiger partial charge < -0.3 is 12.9 Å². The Morgan fingerprint density at radius 2 is 1.93 bits per heavy atom. The number of hydrogen-bond donors (Lipinski definition) is 0. The molecule has 14 heavy (non-hydrogen) atoms. The van der Waals surface area contributed by atoms with Gasteiger partial charge in [0.1, 0.15) is 0 Å². The smallest absolute Gasteiger partial charge is 0.445 e. The van der Waals surface area contributed by atoms with Gasteiger partial charge in [0.15, 0.2) is 0 Å². The van der Waals surface area contributed by atoms with Crippen LogP contribution in [-0.4, -0.2) is 21.8 Å². The minimum Gasteiger partial charge on any atom is -0.445 e. The van der Waals surface area contributed by atoms with E-state index in [0.717, 1.165) is 10.8 Å². The third-order valence-corrected chi connectivity index (χ3v) is 1.69. The van der Waals surface area contributed by atoms with Crippen LogP contribution in [-0.2, 0) is 0 Å². The number of fused-ring (bicyclic) bond motifs is 1. The van der Waals surface area contributed by atoms with E-state index in [4.69, 9.17) is 0 Å². The summed E-state index contributed by atoms with van der Waals surface area (Å²) in [5, 5.41) is 7.12. The number of nitrogens with zero attached hydrogens (tertiary/aromatic N) is 3. The van der Waals surface area contributed by atoms with Gasteiger partial charge in [0.25, 0.3) is 0 Å². The Labute approximate surface area is 120 Å². The molecule has 0 aliphatic heterocycles.